The Labute approximate surface area is 249 Å². The van der Waals surface area contributed by atoms with E-state index in [0.29, 0.717) is 44.8 Å². The van der Waals surface area contributed by atoms with Gasteiger partial charge in [-0.1, -0.05) is 66.7 Å². The molecule has 0 bridgehead atoms. The number of rotatable bonds is 10. The highest BCUT2D eigenvalue weighted by Gasteiger charge is 2.20. The van der Waals surface area contributed by atoms with Crippen LogP contribution in [0, 0.1) is 11.3 Å². The van der Waals surface area contributed by atoms with Crippen LogP contribution < -0.4 is 19.5 Å². The molecule has 1 N–H and O–H groups in total. The molecule has 210 valence electrons. The van der Waals surface area contributed by atoms with Gasteiger partial charge in [0.2, 0.25) is 11.7 Å². The van der Waals surface area contributed by atoms with Crippen LogP contribution in [0.25, 0.3) is 33.2 Å². The van der Waals surface area contributed by atoms with E-state index < -0.39 is 0 Å². The number of ether oxygens (including phenoxy) is 3. The quantitative estimate of drug-likeness (QED) is 0.172. The topological polar surface area (TPSA) is 93.5 Å². The van der Waals surface area contributed by atoms with Gasteiger partial charge in [0, 0.05) is 34.4 Å². The molecule has 0 unspecified atom stereocenters. The van der Waals surface area contributed by atoms with E-state index >= 15 is 0 Å². The summed E-state index contributed by atoms with van der Waals surface area (Å²) < 4.78 is 16.6. The second-order valence-electron chi connectivity index (χ2n) is 9.30. The molecule has 0 aliphatic carbocycles. The fourth-order valence-corrected chi connectivity index (χ4v) is 5.69. The molecule has 0 radical (unpaired) electrons. The predicted molar refractivity (Wildman–Crippen MR) is 167 cm³/mol. The molecule has 7 nitrogen and oxygen atoms in total. The monoisotopic (exact) mass is 575 g/mol. The van der Waals surface area contributed by atoms with Crippen LogP contribution in [0.5, 0.6) is 17.2 Å². The number of nitrogens with zero attached hydrogens (tertiary/aromatic N) is 2. The molecule has 0 saturated heterocycles. The maximum absolute atomic E-state index is 12.9. The minimum Gasteiger partial charge on any atom is -0.493 e. The Bertz CT molecular complexity index is 1750. The summed E-state index contributed by atoms with van der Waals surface area (Å²) in [6.45, 7) is 0. The molecule has 1 heterocycles. The number of fused-ring (bicyclic) bond motifs is 1. The number of carbonyl (C=O) groups is 1. The normalized spacial score (nSPS) is 10.6. The van der Waals surface area contributed by atoms with Gasteiger partial charge >= 0.3 is 0 Å². The molecule has 4 aromatic carbocycles. The van der Waals surface area contributed by atoms with Crippen LogP contribution >= 0.6 is 11.8 Å². The molecular formula is C34H29N3O4S. The van der Waals surface area contributed by atoms with Crippen molar-refractivity contribution in [2.75, 3.05) is 32.4 Å². The van der Waals surface area contributed by atoms with E-state index in [0.717, 1.165) is 27.6 Å². The number of hydrogen-bond donors (Lipinski definition) is 1. The number of benzene rings is 4. The highest BCUT2D eigenvalue weighted by atomic mass is 32.2. The highest BCUT2D eigenvalue weighted by molar-refractivity contribution is 7.99. The van der Waals surface area contributed by atoms with Crippen molar-refractivity contribution in [3.05, 3.63) is 96.6 Å². The van der Waals surface area contributed by atoms with Gasteiger partial charge in [0.05, 0.1) is 32.6 Å². The predicted octanol–water partition coefficient (Wildman–Crippen LogP) is 7.59. The number of hydrogen-bond acceptors (Lipinski definition) is 7. The van der Waals surface area contributed by atoms with Gasteiger partial charge in [-0.2, -0.15) is 5.26 Å². The minimum absolute atomic E-state index is 0.110. The van der Waals surface area contributed by atoms with Crippen molar-refractivity contribution < 1.29 is 19.0 Å². The first-order valence-corrected chi connectivity index (χ1v) is 14.3. The maximum Gasteiger partial charge on any atom is 0.225 e. The van der Waals surface area contributed by atoms with Gasteiger partial charge in [-0.3, -0.25) is 4.79 Å². The van der Waals surface area contributed by atoms with Crippen LogP contribution in [0.1, 0.15) is 12.0 Å². The van der Waals surface area contributed by atoms with Crippen molar-refractivity contribution in [3.63, 3.8) is 0 Å². The Balaban J connectivity index is 1.47. The molecule has 1 aromatic heterocycles. The van der Waals surface area contributed by atoms with Crippen molar-refractivity contribution in [1.29, 1.82) is 5.26 Å². The average Bonchev–Trinajstić information content (AvgIpc) is 3.04. The van der Waals surface area contributed by atoms with Gasteiger partial charge in [-0.25, -0.2) is 4.98 Å². The standard InChI is InChI=1S/C34H29N3O4S/c1-39-30-18-24(19-31(40-2)33(30)41-3)26-20-29(23-11-5-4-6-12-23)37-34(27(26)21-35)42-17-16-32(38)36-28-15-9-13-22-10-7-8-14-25(22)28/h4-15,18-20H,16-17H2,1-3H3,(H,36,38). The summed E-state index contributed by atoms with van der Waals surface area (Å²) in [7, 11) is 4.66. The molecule has 0 fully saturated rings. The number of methoxy groups -OCH3 is 3. The lowest BCUT2D eigenvalue weighted by Crippen LogP contribution is -2.12. The van der Waals surface area contributed by atoms with Crippen molar-refractivity contribution in [1.82, 2.24) is 4.98 Å². The molecule has 0 aliphatic heterocycles. The fourth-order valence-electron chi connectivity index (χ4n) is 4.74. The van der Waals surface area contributed by atoms with Crippen LogP contribution in [0.3, 0.4) is 0 Å². The van der Waals surface area contributed by atoms with Gasteiger partial charge in [0.25, 0.3) is 0 Å². The van der Waals surface area contributed by atoms with Crippen LogP contribution in [0.2, 0.25) is 0 Å². The van der Waals surface area contributed by atoms with Gasteiger partial charge in [-0.15, -0.1) is 11.8 Å². The first-order chi connectivity index (χ1) is 20.6. The lowest BCUT2D eigenvalue weighted by atomic mass is 9.98. The lowest BCUT2D eigenvalue weighted by molar-refractivity contribution is -0.115. The third kappa shape index (κ3) is 6.02. The largest absolute Gasteiger partial charge is 0.493 e. The minimum atomic E-state index is -0.110. The van der Waals surface area contributed by atoms with Crippen LogP contribution in [0.15, 0.2) is 96.0 Å². The summed E-state index contributed by atoms with van der Waals surface area (Å²) in [5.41, 5.74) is 4.19. The number of thioether (sulfide) groups is 1. The number of anilines is 1. The number of aromatic nitrogens is 1. The van der Waals surface area contributed by atoms with E-state index in [2.05, 4.69) is 11.4 Å². The van der Waals surface area contributed by atoms with Crippen molar-refractivity contribution in [3.8, 4) is 45.7 Å². The summed E-state index contributed by atoms with van der Waals surface area (Å²) in [5.74, 6) is 1.75. The third-order valence-corrected chi connectivity index (χ3v) is 7.75. The smallest absolute Gasteiger partial charge is 0.225 e. The first kappa shape index (κ1) is 28.5. The Hall–Kier alpha value is -5.00. The molecule has 0 saturated carbocycles. The van der Waals surface area contributed by atoms with E-state index in [1.807, 2.05) is 91.0 Å². The second-order valence-corrected chi connectivity index (χ2v) is 10.4. The van der Waals surface area contributed by atoms with Gasteiger partial charge < -0.3 is 19.5 Å². The summed E-state index contributed by atoms with van der Waals surface area (Å²) >= 11 is 1.38. The Morgan fingerprint density at radius 3 is 2.24 bits per heavy atom. The second kappa shape index (κ2) is 13.1. The molecule has 0 spiro atoms. The van der Waals surface area contributed by atoms with Gasteiger partial charge in [0.1, 0.15) is 11.1 Å². The van der Waals surface area contributed by atoms with Crippen LogP contribution in [-0.2, 0) is 4.79 Å². The number of nitrogens with one attached hydrogen (secondary N) is 1. The van der Waals surface area contributed by atoms with Crippen molar-refractivity contribution in [2.45, 2.75) is 11.4 Å². The zero-order chi connectivity index (χ0) is 29.5. The lowest BCUT2D eigenvalue weighted by Gasteiger charge is -2.16. The molecule has 0 atom stereocenters. The van der Waals surface area contributed by atoms with E-state index in [9.17, 15) is 10.1 Å². The first-order valence-electron chi connectivity index (χ1n) is 13.3. The number of nitriles is 1. The Morgan fingerprint density at radius 1 is 0.857 bits per heavy atom. The SMILES string of the molecule is COc1cc(-c2cc(-c3ccccc3)nc(SCCC(=O)Nc3cccc4ccccc34)c2C#N)cc(OC)c1OC. The van der Waals surface area contributed by atoms with E-state index in [4.69, 9.17) is 19.2 Å². The molecule has 1 amide bonds. The zero-order valence-corrected chi connectivity index (χ0v) is 24.3. The summed E-state index contributed by atoms with van der Waals surface area (Å²) in [4.78, 5) is 17.8. The number of pyridine rings is 1. The van der Waals surface area contributed by atoms with Crippen LogP contribution in [-0.4, -0.2) is 38.0 Å². The molecule has 8 heteroatoms. The summed E-state index contributed by atoms with van der Waals surface area (Å²) in [6, 6.07) is 31.4. The Kier molecular flexibility index (Phi) is 8.90. The van der Waals surface area contributed by atoms with E-state index in [1.54, 1.807) is 21.3 Å². The third-order valence-electron chi connectivity index (χ3n) is 6.77. The molecule has 5 aromatic rings. The maximum atomic E-state index is 12.9. The zero-order valence-electron chi connectivity index (χ0n) is 23.5. The number of amides is 1. The van der Waals surface area contributed by atoms with E-state index in [-0.39, 0.29) is 12.3 Å². The number of carbonyl (C=O) groups excluding carboxylic acids is 1. The molecule has 0 aliphatic rings. The van der Waals surface area contributed by atoms with Crippen molar-refractivity contribution >= 4 is 34.1 Å². The summed E-state index contributed by atoms with van der Waals surface area (Å²) in [6.07, 6.45) is 0.246. The fraction of sp³-hybridized carbons (Fsp3) is 0.147. The molecule has 5 rings (SSSR count). The van der Waals surface area contributed by atoms with Crippen LogP contribution in [0.4, 0.5) is 5.69 Å². The van der Waals surface area contributed by atoms with Gasteiger partial charge in [-0.05, 0) is 35.2 Å². The average molecular weight is 576 g/mol. The molecular weight excluding hydrogens is 546 g/mol. The molecule has 42 heavy (non-hydrogen) atoms. The Morgan fingerprint density at radius 2 is 1.55 bits per heavy atom. The van der Waals surface area contributed by atoms with Crippen molar-refractivity contribution in [2.24, 2.45) is 0 Å². The summed E-state index contributed by atoms with van der Waals surface area (Å²) in [5, 5.41) is 15.9. The van der Waals surface area contributed by atoms with Gasteiger partial charge in [0.15, 0.2) is 11.5 Å². The highest BCUT2D eigenvalue weighted by Crippen LogP contribution is 2.43. The van der Waals surface area contributed by atoms with E-state index in [1.165, 1.54) is 11.8 Å².